The van der Waals surface area contributed by atoms with Crippen LogP contribution in [0.4, 0.5) is 5.69 Å². The van der Waals surface area contributed by atoms with Gasteiger partial charge in [0.2, 0.25) is 11.8 Å². The van der Waals surface area contributed by atoms with Crippen molar-refractivity contribution in [2.75, 3.05) is 31.6 Å². The normalized spacial score (nSPS) is 14.7. The highest BCUT2D eigenvalue weighted by atomic mass is 16.5. The Morgan fingerprint density at radius 3 is 2.80 bits per heavy atom. The average Bonchev–Trinajstić information content (AvgIpc) is 3.33. The number of anilines is 1. The number of carbonyl (C=O) groups is 1. The lowest BCUT2D eigenvalue weighted by molar-refractivity contribution is -0.116. The van der Waals surface area contributed by atoms with E-state index in [-0.39, 0.29) is 12.3 Å². The molecule has 0 bridgehead atoms. The Morgan fingerprint density at radius 2 is 2.03 bits per heavy atom. The molecule has 1 aliphatic heterocycles. The van der Waals surface area contributed by atoms with Gasteiger partial charge in [-0.3, -0.25) is 14.4 Å². The summed E-state index contributed by atoms with van der Waals surface area (Å²) in [6.45, 7) is 6.16. The predicted octanol–water partition coefficient (Wildman–Crippen LogP) is 2.18. The lowest BCUT2D eigenvalue weighted by atomic mass is 10.1. The topological polar surface area (TPSA) is 98.3 Å². The van der Waals surface area contributed by atoms with E-state index in [4.69, 9.17) is 9.15 Å². The standard InChI is InChI=1S/C21H26N6O3/c1-15-12-18(26(2)25-15)21-24-23-20(30-21)7-6-19(28)22-17-5-3-4-16(13-17)14-27-8-10-29-11-9-27/h3-5,12-13H,6-11,14H2,1-2H3,(H,22,28). The van der Waals surface area contributed by atoms with Gasteiger partial charge in [0.05, 0.1) is 18.9 Å². The van der Waals surface area contributed by atoms with E-state index < -0.39 is 0 Å². The maximum absolute atomic E-state index is 12.4. The van der Waals surface area contributed by atoms with Crippen molar-refractivity contribution in [1.29, 1.82) is 0 Å². The number of nitrogens with one attached hydrogen (secondary N) is 1. The van der Waals surface area contributed by atoms with E-state index in [1.54, 1.807) is 4.68 Å². The van der Waals surface area contributed by atoms with Crippen LogP contribution in [0.1, 0.15) is 23.6 Å². The van der Waals surface area contributed by atoms with E-state index in [1.165, 1.54) is 5.56 Å². The Balaban J connectivity index is 1.30. The fraction of sp³-hybridized carbons (Fsp3) is 0.429. The number of carbonyl (C=O) groups excluding carboxylic acids is 1. The molecule has 30 heavy (non-hydrogen) atoms. The molecule has 4 rings (SSSR count). The summed E-state index contributed by atoms with van der Waals surface area (Å²) < 4.78 is 12.8. The molecule has 1 fully saturated rings. The number of morpholine rings is 1. The fourth-order valence-electron chi connectivity index (χ4n) is 3.48. The molecule has 3 heterocycles. The molecule has 0 atom stereocenters. The van der Waals surface area contributed by atoms with E-state index in [0.717, 1.165) is 49.9 Å². The molecule has 1 aliphatic rings. The van der Waals surface area contributed by atoms with Crippen molar-refractivity contribution in [2.45, 2.75) is 26.3 Å². The van der Waals surface area contributed by atoms with Crippen LogP contribution < -0.4 is 5.32 Å². The van der Waals surface area contributed by atoms with Crippen LogP contribution in [0.5, 0.6) is 0 Å². The minimum Gasteiger partial charge on any atom is -0.419 e. The molecule has 158 valence electrons. The second kappa shape index (κ2) is 9.19. The molecule has 0 radical (unpaired) electrons. The van der Waals surface area contributed by atoms with Crippen LogP contribution >= 0.6 is 0 Å². The maximum Gasteiger partial charge on any atom is 0.265 e. The molecule has 0 aliphatic carbocycles. The summed E-state index contributed by atoms with van der Waals surface area (Å²) in [6, 6.07) is 9.84. The number of ether oxygens (including phenoxy) is 1. The highest BCUT2D eigenvalue weighted by Gasteiger charge is 2.15. The zero-order valence-electron chi connectivity index (χ0n) is 17.3. The summed E-state index contributed by atoms with van der Waals surface area (Å²) in [5.74, 6) is 0.749. The van der Waals surface area contributed by atoms with Crippen molar-refractivity contribution in [3.63, 3.8) is 0 Å². The molecule has 0 saturated carbocycles. The van der Waals surface area contributed by atoms with Crippen molar-refractivity contribution < 1.29 is 13.9 Å². The molecule has 0 unspecified atom stereocenters. The monoisotopic (exact) mass is 410 g/mol. The fourth-order valence-corrected chi connectivity index (χ4v) is 3.48. The smallest absolute Gasteiger partial charge is 0.265 e. The molecule has 1 amide bonds. The molecule has 9 nitrogen and oxygen atoms in total. The largest absolute Gasteiger partial charge is 0.419 e. The van der Waals surface area contributed by atoms with E-state index in [2.05, 4.69) is 31.6 Å². The third kappa shape index (κ3) is 5.11. The predicted molar refractivity (Wildman–Crippen MR) is 111 cm³/mol. The summed E-state index contributed by atoms with van der Waals surface area (Å²) in [4.78, 5) is 14.7. The average molecular weight is 410 g/mol. The van der Waals surface area contributed by atoms with Crippen molar-refractivity contribution in [2.24, 2.45) is 7.05 Å². The highest BCUT2D eigenvalue weighted by Crippen LogP contribution is 2.19. The molecular formula is C21H26N6O3. The third-order valence-electron chi connectivity index (χ3n) is 4.97. The van der Waals surface area contributed by atoms with Gasteiger partial charge in [0.1, 0.15) is 5.69 Å². The molecule has 0 spiro atoms. The van der Waals surface area contributed by atoms with Crippen LogP contribution in [-0.2, 0) is 29.5 Å². The van der Waals surface area contributed by atoms with Crippen LogP contribution in [0, 0.1) is 6.92 Å². The van der Waals surface area contributed by atoms with Crippen molar-refractivity contribution in [3.05, 3.63) is 47.5 Å². The number of nitrogens with zero attached hydrogens (tertiary/aromatic N) is 5. The molecular weight excluding hydrogens is 384 g/mol. The number of aromatic nitrogens is 4. The lowest BCUT2D eigenvalue weighted by Crippen LogP contribution is -2.35. The summed E-state index contributed by atoms with van der Waals surface area (Å²) in [6.07, 6.45) is 0.642. The number of hydrogen-bond acceptors (Lipinski definition) is 7. The first kappa shape index (κ1) is 20.2. The highest BCUT2D eigenvalue weighted by molar-refractivity contribution is 5.90. The summed E-state index contributed by atoms with van der Waals surface area (Å²) in [7, 11) is 1.83. The first-order valence-electron chi connectivity index (χ1n) is 10.1. The van der Waals surface area contributed by atoms with Gasteiger partial charge in [0.15, 0.2) is 0 Å². The molecule has 1 aromatic carbocycles. The van der Waals surface area contributed by atoms with Gasteiger partial charge in [-0.2, -0.15) is 5.10 Å². The van der Waals surface area contributed by atoms with E-state index in [9.17, 15) is 4.79 Å². The lowest BCUT2D eigenvalue weighted by Gasteiger charge is -2.26. The van der Waals surface area contributed by atoms with Gasteiger partial charge in [0, 0.05) is 45.2 Å². The van der Waals surface area contributed by atoms with Crippen molar-refractivity contribution in [1.82, 2.24) is 24.9 Å². The zero-order chi connectivity index (χ0) is 20.9. The van der Waals surface area contributed by atoms with Gasteiger partial charge >= 0.3 is 0 Å². The van der Waals surface area contributed by atoms with Crippen LogP contribution in [-0.4, -0.2) is 57.1 Å². The van der Waals surface area contributed by atoms with Crippen LogP contribution in [0.3, 0.4) is 0 Å². The summed E-state index contributed by atoms with van der Waals surface area (Å²) >= 11 is 0. The Bertz CT molecular complexity index is 1010. The van der Waals surface area contributed by atoms with Gasteiger partial charge in [-0.25, -0.2) is 0 Å². The Labute approximate surface area is 175 Å². The minimum atomic E-state index is -0.0883. The number of amides is 1. The first-order valence-corrected chi connectivity index (χ1v) is 10.1. The second-order valence-electron chi connectivity index (χ2n) is 7.43. The van der Waals surface area contributed by atoms with Crippen molar-refractivity contribution >= 4 is 11.6 Å². The Hall–Kier alpha value is -3.04. The van der Waals surface area contributed by atoms with Crippen LogP contribution in [0.25, 0.3) is 11.6 Å². The maximum atomic E-state index is 12.4. The second-order valence-corrected chi connectivity index (χ2v) is 7.43. The van der Waals surface area contributed by atoms with Crippen LogP contribution in [0.15, 0.2) is 34.7 Å². The van der Waals surface area contributed by atoms with E-state index in [0.29, 0.717) is 18.2 Å². The van der Waals surface area contributed by atoms with Gasteiger partial charge in [-0.15, -0.1) is 10.2 Å². The molecule has 1 saturated heterocycles. The molecule has 9 heteroatoms. The number of rotatable bonds is 7. The molecule has 2 aromatic heterocycles. The number of aryl methyl sites for hydroxylation is 3. The van der Waals surface area contributed by atoms with Gasteiger partial charge in [-0.1, -0.05) is 12.1 Å². The van der Waals surface area contributed by atoms with Gasteiger partial charge in [0.25, 0.3) is 5.89 Å². The van der Waals surface area contributed by atoms with Crippen molar-refractivity contribution in [3.8, 4) is 11.6 Å². The quantitative estimate of drug-likeness (QED) is 0.637. The van der Waals surface area contributed by atoms with Gasteiger partial charge < -0.3 is 14.5 Å². The summed E-state index contributed by atoms with van der Waals surface area (Å²) in [5, 5.41) is 15.3. The Kier molecular flexibility index (Phi) is 6.20. The minimum absolute atomic E-state index is 0.0883. The number of benzene rings is 1. The SMILES string of the molecule is Cc1cc(-c2nnc(CCC(=O)Nc3cccc(CN4CCOCC4)c3)o2)n(C)n1. The van der Waals surface area contributed by atoms with E-state index in [1.807, 2.05) is 38.2 Å². The van der Waals surface area contributed by atoms with Crippen LogP contribution in [0.2, 0.25) is 0 Å². The van der Waals surface area contributed by atoms with Gasteiger partial charge in [-0.05, 0) is 30.7 Å². The zero-order valence-corrected chi connectivity index (χ0v) is 17.3. The third-order valence-corrected chi connectivity index (χ3v) is 4.97. The van der Waals surface area contributed by atoms with E-state index >= 15 is 0 Å². The Morgan fingerprint density at radius 1 is 1.20 bits per heavy atom. The summed E-state index contributed by atoms with van der Waals surface area (Å²) in [5.41, 5.74) is 3.60. The molecule has 1 N–H and O–H groups in total. The first-order chi connectivity index (χ1) is 14.6. The number of hydrogen-bond donors (Lipinski definition) is 1. The molecule has 3 aromatic rings.